The van der Waals surface area contributed by atoms with Crippen molar-refractivity contribution < 1.29 is 9.18 Å². The predicted octanol–water partition coefficient (Wildman–Crippen LogP) is 2.37. The van der Waals surface area contributed by atoms with Crippen LogP contribution < -0.4 is 4.90 Å². The molecule has 1 aliphatic rings. The van der Waals surface area contributed by atoms with Gasteiger partial charge in [0.05, 0.1) is 0 Å². The first-order valence-electron chi connectivity index (χ1n) is 5.19. The quantitative estimate of drug-likeness (QED) is 0.692. The van der Waals surface area contributed by atoms with Gasteiger partial charge in [-0.1, -0.05) is 13.8 Å². The fourth-order valence-electron chi connectivity index (χ4n) is 1.91. The summed E-state index contributed by atoms with van der Waals surface area (Å²) in [6.07, 6.45) is 0.756. The highest BCUT2D eigenvalue weighted by Gasteiger charge is 2.26. The lowest BCUT2D eigenvalue weighted by Crippen LogP contribution is -2.32. The van der Waals surface area contributed by atoms with Gasteiger partial charge in [-0.3, -0.25) is 4.79 Å². The Bertz CT molecular complexity index is 401. The Morgan fingerprint density at radius 1 is 1.47 bits per heavy atom. The van der Waals surface area contributed by atoms with Crippen molar-refractivity contribution in [2.75, 3.05) is 11.4 Å². The van der Waals surface area contributed by atoms with Gasteiger partial charge in [-0.2, -0.15) is 0 Å². The number of halogens is 1. The summed E-state index contributed by atoms with van der Waals surface area (Å²) in [4.78, 5) is 13.6. The van der Waals surface area contributed by atoms with Gasteiger partial charge in [0.2, 0.25) is 5.91 Å². The molecule has 1 heterocycles. The minimum atomic E-state index is -0.229. The topological polar surface area (TPSA) is 20.3 Å². The van der Waals surface area contributed by atoms with Crippen molar-refractivity contribution in [1.29, 1.82) is 0 Å². The van der Waals surface area contributed by atoms with Crippen LogP contribution in [0, 0.1) is 11.7 Å². The number of anilines is 1. The second-order valence-electron chi connectivity index (χ2n) is 4.17. The molecule has 0 saturated carbocycles. The highest BCUT2D eigenvalue weighted by Crippen LogP contribution is 2.29. The molecule has 0 saturated heterocycles. The third-order valence-electron chi connectivity index (χ3n) is 2.70. The molecule has 2 nitrogen and oxygen atoms in total. The highest BCUT2D eigenvalue weighted by atomic mass is 19.1. The molecule has 0 aliphatic carbocycles. The fraction of sp³-hybridized carbons (Fsp3) is 0.417. The van der Waals surface area contributed by atoms with E-state index >= 15 is 0 Å². The molecule has 0 unspecified atom stereocenters. The van der Waals surface area contributed by atoms with Crippen LogP contribution in [0.2, 0.25) is 0 Å². The van der Waals surface area contributed by atoms with Crippen LogP contribution in [-0.4, -0.2) is 12.5 Å². The lowest BCUT2D eigenvalue weighted by Gasteiger charge is -2.19. The number of rotatable bonds is 1. The SMILES string of the molecule is CC(C)C(=O)N1CCc2cc(F)ccc21. The van der Waals surface area contributed by atoms with E-state index in [1.165, 1.54) is 12.1 Å². The summed E-state index contributed by atoms with van der Waals surface area (Å²) < 4.78 is 12.9. The Balaban J connectivity index is 2.33. The van der Waals surface area contributed by atoms with Crippen molar-refractivity contribution in [2.45, 2.75) is 20.3 Å². The first-order valence-corrected chi connectivity index (χ1v) is 5.19. The predicted molar refractivity (Wildman–Crippen MR) is 57.3 cm³/mol. The van der Waals surface area contributed by atoms with Crippen molar-refractivity contribution in [3.8, 4) is 0 Å². The number of amides is 1. The van der Waals surface area contributed by atoms with E-state index in [9.17, 15) is 9.18 Å². The second kappa shape index (κ2) is 3.65. The van der Waals surface area contributed by atoms with Crippen LogP contribution in [-0.2, 0) is 11.2 Å². The van der Waals surface area contributed by atoms with Crippen molar-refractivity contribution in [2.24, 2.45) is 5.92 Å². The zero-order valence-electron chi connectivity index (χ0n) is 8.96. The fourth-order valence-corrected chi connectivity index (χ4v) is 1.91. The standard InChI is InChI=1S/C12H14FNO/c1-8(2)12(15)14-6-5-9-7-10(13)3-4-11(9)14/h3-4,7-8H,5-6H2,1-2H3. The Kier molecular flexibility index (Phi) is 2.47. The van der Waals surface area contributed by atoms with Crippen molar-refractivity contribution in [3.63, 3.8) is 0 Å². The van der Waals surface area contributed by atoms with Crippen LogP contribution in [0.5, 0.6) is 0 Å². The van der Waals surface area contributed by atoms with Gasteiger partial charge in [0.15, 0.2) is 0 Å². The van der Waals surface area contributed by atoms with E-state index in [2.05, 4.69) is 0 Å². The van der Waals surface area contributed by atoms with Gasteiger partial charge in [0.25, 0.3) is 0 Å². The number of hydrogen-bond acceptors (Lipinski definition) is 1. The van der Waals surface area contributed by atoms with E-state index in [4.69, 9.17) is 0 Å². The molecule has 3 heteroatoms. The van der Waals surface area contributed by atoms with Crippen molar-refractivity contribution in [1.82, 2.24) is 0 Å². The molecule has 0 N–H and O–H groups in total. The summed E-state index contributed by atoms with van der Waals surface area (Å²) >= 11 is 0. The van der Waals surface area contributed by atoms with Gasteiger partial charge in [-0.05, 0) is 30.2 Å². The number of nitrogens with zero attached hydrogens (tertiary/aromatic N) is 1. The number of hydrogen-bond donors (Lipinski definition) is 0. The Hall–Kier alpha value is -1.38. The molecule has 1 aliphatic heterocycles. The number of carbonyl (C=O) groups is 1. The molecule has 1 amide bonds. The van der Waals surface area contributed by atoms with Gasteiger partial charge in [-0.15, -0.1) is 0 Å². The molecular formula is C12H14FNO. The normalized spacial score (nSPS) is 14.5. The van der Waals surface area contributed by atoms with Crippen LogP contribution in [0.1, 0.15) is 19.4 Å². The van der Waals surface area contributed by atoms with E-state index in [0.29, 0.717) is 6.54 Å². The Morgan fingerprint density at radius 3 is 2.87 bits per heavy atom. The van der Waals surface area contributed by atoms with Crippen molar-refractivity contribution in [3.05, 3.63) is 29.6 Å². The molecule has 1 aromatic rings. The molecule has 0 radical (unpaired) electrons. The van der Waals surface area contributed by atoms with Crippen LogP contribution in [0.25, 0.3) is 0 Å². The molecule has 0 bridgehead atoms. The summed E-state index contributed by atoms with van der Waals surface area (Å²) in [5.41, 5.74) is 1.80. The molecule has 1 aromatic carbocycles. The van der Waals surface area contributed by atoms with Gasteiger partial charge in [-0.25, -0.2) is 4.39 Å². The molecule has 80 valence electrons. The molecule has 0 fully saturated rings. The van der Waals surface area contributed by atoms with Crippen LogP contribution in [0.4, 0.5) is 10.1 Å². The van der Waals surface area contributed by atoms with E-state index in [-0.39, 0.29) is 17.6 Å². The lowest BCUT2D eigenvalue weighted by atomic mass is 10.1. The first kappa shape index (κ1) is 10.1. The zero-order chi connectivity index (χ0) is 11.0. The first-order chi connectivity index (χ1) is 7.09. The third-order valence-corrected chi connectivity index (χ3v) is 2.70. The molecule has 0 atom stereocenters. The summed E-state index contributed by atoms with van der Waals surface area (Å²) in [6.45, 7) is 4.43. The summed E-state index contributed by atoms with van der Waals surface area (Å²) in [5.74, 6) is -0.131. The minimum absolute atomic E-state index is 0.0130. The summed E-state index contributed by atoms with van der Waals surface area (Å²) in [5, 5.41) is 0. The Morgan fingerprint density at radius 2 is 2.20 bits per heavy atom. The van der Waals surface area contributed by atoms with Gasteiger partial charge < -0.3 is 4.90 Å². The number of benzene rings is 1. The van der Waals surface area contributed by atoms with Gasteiger partial charge in [0, 0.05) is 18.2 Å². The average molecular weight is 207 g/mol. The zero-order valence-corrected chi connectivity index (χ0v) is 8.96. The lowest BCUT2D eigenvalue weighted by molar-refractivity contribution is -0.121. The summed E-state index contributed by atoms with van der Waals surface area (Å²) in [6, 6.07) is 4.62. The van der Waals surface area contributed by atoms with E-state index in [1.54, 1.807) is 11.0 Å². The third kappa shape index (κ3) is 1.74. The van der Waals surface area contributed by atoms with E-state index < -0.39 is 0 Å². The average Bonchev–Trinajstić information content (AvgIpc) is 2.59. The maximum absolute atomic E-state index is 12.9. The molecule has 2 rings (SSSR count). The van der Waals surface area contributed by atoms with E-state index in [0.717, 1.165) is 17.7 Å². The molecule has 15 heavy (non-hydrogen) atoms. The number of fused-ring (bicyclic) bond motifs is 1. The Labute approximate surface area is 88.7 Å². The van der Waals surface area contributed by atoms with Gasteiger partial charge in [0.1, 0.15) is 5.82 Å². The largest absolute Gasteiger partial charge is 0.312 e. The monoisotopic (exact) mass is 207 g/mol. The smallest absolute Gasteiger partial charge is 0.229 e. The van der Waals surface area contributed by atoms with Gasteiger partial charge >= 0.3 is 0 Å². The minimum Gasteiger partial charge on any atom is -0.312 e. The van der Waals surface area contributed by atoms with Crippen LogP contribution >= 0.6 is 0 Å². The number of carbonyl (C=O) groups excluding carboxylic acids is 1. The van der Waals surface area contributed by atoms with Crippen LogP contribution in [0.15, 0.2) is 18.2 Å². The molecule has 0 spiro atoms. The second-order valence-corrected chi connectivity index (χ2v) is 4.17. The van der Waals surface area contributed by atoms with Crippen LogP contribution in [0.3, 0.4) is 0 Å². The van der Waals surface area contributed by atoms with Crippen molar-refractivity contribution >= 4 is 11.6 Å². The van der Waals surface area contributed by atoms with E-state index in [1.807, 2.05) is 13.8 Å². The maximum Gasteiger partial charge on any atom is 0.229 e. The summed E-state index contributed by atoms with van der Waals surface area (Å²) in [7, 11) is 0. The highest BCUT2D eigenvalue weighted by molar-refractivity contribution is 5.96. The molecule has 0 aromatic heterocycles. The maximum atomic E-state index is 12.9. The molecular weight excluding hydrogens is 193 g/mol.